The minimum absolute atomic E-state index is 0.00991. The third kappa shape index (κ3) is 3.18. The molecule has 2 aromatic rings. The van der Waals surface area contributed by atoms with Crippen LogP contribution in [-0.4, -0.2) is 10.8 Å². The second-order valence-electron chi connectivity index (χ2n) is 3.85. The van der Waals surface area contributed by atoms with Crippen LogP contribution in [0, 0.1) is 17.0 Å². The molecule has 2 rings (SSSR count). The molecule has 1 N–H and O–H groups in total. The molecule has 0 saturated carbocycles. The molecule has 19 heavy (non-hydrogen) atoms. The summed E-state index contributed by atoms with van der Waals surface area (Å²) in [5.74, 6) is -0.292. The van der Waals surface area contributed by atoms with E-state index in [1.54, 1.807) is 30.5 Å². The van der Waals surface area contributed by atoms with Crippen LogP contribution in [0.1, 0.15) is 15.9 Å². The van der Waals surface area contributed by atoms with Crippen molar-refractivity contribution in [3.8, 4) is 0 Å². The van der Waals surface area contributed by atoms with Crippen LogP contribution >= 0.6 is 27.3 Å². The number of anilines is 1. The fraction of sp³-hybridized carbons (Fsp3) is 0.0833. The zero-order valence-electron chi connectivity index (χ0n) is 9.84. The summed E-state index contributed by atoms with van der Waals surface area (Å²) in [4.78, 5) is 22.3. The standard InChI is InChI=1S/C12H9BrN2O3S/c1-7-2-3-9(5-10(7)15(17)18)14-12(16)8-4-11(13)19-6-8/h2-6H,1H3,(H,14,16). The van der Waals surface area contributed by atoms with Gasteiger partial charge in [-0.3, -0.25) is 14.9 Å². The molecule has 0 atom stereocenters. The lowest BCUT2D eigenvalue weighted by atomic mass is 10.2. The Labute approximate surface area is 121 Å². The first-order valence-electron chi connectivity index (χ1n) is 5.28. The van der Waals surface area contributed by atoms with E-state index in [2.05, 4.69) is 21.2 Å². The highest BCUT2D eigenvalue weighted by Gasteiger charge is 2.13. The molecule has 1 heterocycles. The van der Waals surface area contributed by atoms with Gasteiger partial charge in [0, 0.05) is 22.7 Å². The van der Waals surface area contributed by atoms with E-state index < -0.39 is 4.92 Å². The summed E-state index contributed by atoms with van der Waals surface area (Å²) in [6, 6.07) is 6.30. The molecule has 0 aliphatic rings. The van der Waals surface area contributed by atoms with Crippen molar-refractivity contribution in [2.75, 3.05) is 5.32 Å². The lowest BCUT2D eigenvalue weighted by molar-refractivity contribution is -0.385. The summed E-state index contributed by atoms with van der Waals surface area (Å²) in [6.07, 6.45) is 0. The van der Waals surface area contributed by atoms with Crippen LogP contribution in [0.4, 0.5) is 11.4 Å². The highest BCUT2D eigenvalue weighted by molar-refractivity contribution is 9.11. The molecule has 0 aliphatic carbocycles. The van der Waals surface area contributed by atoms with Crippen molar-refractivity contribution in [1.82, 2.24) is 0 Å². The number of aryl methyl sites for hydroxylation is 1. The maximum absolute atomic E-state index is 11.9. The Morgan fingerprint density at radius 1 is 1.42 bits per heavy atom. The monoisotopic (exact) mass is 340 g/mol. The molecule has 1 aromatic carbocycles. The summed E-state index contributed by atoms with van der Waals surface area (Å²) in [5.41, 5.74) is 1.47. The van der Waals surface area contributed by atoms with Gasteiger partial charge >= 0.3 is 0 Å². The third-order valence-corrected chi connectivity index (χ3v) is 4.00. The van der Waals surface area contributed by atoms with Crippen LogP contribution in [0.25, 0.3) is 0 Å². The highest BCUT2D eigenvalue weighted by atomic mass is 79.9. The molecule has 0 bridgehead atoms. The summed E-state index contributed by atoms with van der Waals surface area (Å²) in [6.45, 7) is 1.65. The summed E-state index contributed by atoms with van der Waals surface area (Å²) in [7, 11) is 0. The maximum Gasteiger partial charge on any atom is 0.274 e. The molecule has 0 unspecified atom stereocenters. The largest absolute Gasteiger partial charge is 0.322 e. The Morgan fingerprint density at radius 3 is 2.74 bits per heavy atom. The summed E-state index contributed by atoms with van der Waals surface area (Å²) >= 11 is 4.68. The van der Waals surface area contributed by atoms with Crippen molar-refractivity contribution >= 4 is 44.5 Å². The molecule has 1 amide bonds. The topological polar surface area (TPSA) is 72.2 Å². The molecule has 0 aliphatic heterocycles. The number of rotatable bonds is 3. The first-order chi connectivity index (χ1) is 8.97. The van der Waals surface area contributed by atoms with Gasteiger partial charge in [-0.15, -0.1) is 11.3 Å². The average molecular weight is 341 g/mol. The van der Waals surface area contributed by atoms with Crippen LogP contribution < -0.4 is 5.32 Å². The van der Waals surface area contributed by atoms with Crippen molar-refractivity contribution < 1.29 is 9.72 Å². The normalized spacial score (nSPS) is 10.2. The van der Waals surface area contributed by atoms with Crippen molar-refractivity contribution in [2.45, 2.75) is 6.92 Å². The van der Waals surface area contributed by atoms with Crippen LogP contribution in [0.15, 0.2) is 33.4 Å². The lowest BCUT2D eigenvalue weighted by Gasteiger charge is -2.04. The van der Waals surface area contributed by atoms with E-state index in [1.807, 2.05) is 0 Å². The van der Waals surface area contributed by atoms with Gasteiger partial charge in [-0.1, -0.05) is 6.07 Å². The molecule has 0 saturated heterocycles. The van der Waals surface area contributed by atoms with Crippen LogP contribution in [0.2, 0.25) is 0 Å². The number of nitrogens with one attached hydrogen (secondary N) is 1. The van der Waals surface area contributed by atoms with Gasteiger partial charge in [0.25, 0.3) is 11.6 Å². The Bertz CT molecular complexity index is 654. The minimum Gasteiger partial charge on any atom is -0.322 e. The second kappa shape index (κ2) is 5.50. The molecular weight excluding hydrogens is 332 g/mol. The van der Waals surface area contributed by atoms with E-state index in [9.17, 15) is 14.9 Å². The highest BCUT2D eigenvalue weighted by Crippen LogP contribution is 2.24. The quantitative estimate of drug-likeness (QED) is 0.678. The van der Waals surface area contributed by atoms with Crippen molar-refractivity contribution in [2.24, 2.45) is 0 Å². The number of carbonyl (C=O) groups excluding carboxylic acids is 1. The van der Waals surface area contributed by atoms with Gasteiger partial charge in [-0.05, 0) is 35.0 Å². The Morgan fingerprint density at radius 2 is 2.16 bits per heavy atom. The van der Waals surface area contributed by atoms with Gasteiger partial charge in [0.05, 0.1) is 14.3 Å². The SMILES string of the molecule is Cc1ccc(NC(=O)c2csc(Br)c2)cc1[N+](=O)[O-]. The number of thiophene rings is 1. The van der Waals surface area contributed by atoms with Gasteiger partial charge in [-0.25, -0.2) is 0 Å². The molecule has 98 valence electrons. The minimum atomic E-state index is -0.466. The maximum atomic E-state index is 11.9. The fourth-order valence-electron chi connectivity index (χ4n) is 1.52. The molecule has 0 spiro atoms. The molecule has 1 aromatic heterocycles. The number of benzene rings is 1. The van der Waals surface area contributed by atoms with Crippen molar-refractivity contribution in [3.05, 3.63) is 54.7 Å². The molecule has 5 nitrogen and oxygen atoms in total. The lowest BCUT2D eigenvalue weighted by Crippen LogP contribution is -2.11. The zero-order valence-corrected chi connectivity index (χ0v) is 12.2. The first kappa shape index (κ1) is 13.7. The van der Waals surface area contributed by atoms with Crippen LogP contribution in [0.5, 0.6) is 0 Å². The van der Waals surface area contributed by atoms with Crippen molar-refractivity contribution in [3.63, 3.8) is 0 Å². The van der Waals surface area contributed by atoms with Crippen LogP contribution in [0.3, 0.4) is 0 Å². The zero-order chi connectivity index (χ0) is 14.0. The Hall–Kier alpha value is -1.73. The first-order valence-corrected chi connectivity index (χ1v) is 6.95. The van der Waals surface area contributed by atoms with Gasteiger partial charge in [0.2, 0.25) is 0 Å². The predicted octanol–water partition coefficient (Wildman–Crippen LogP) is 3.98. The number of hydrogen-bond acceptors (Lipinski definition) is 4. The van der Waals surface area contributed by atoms with E-state index in [0.717, 1.165) is 3.79 Å². The molecule has 0 fully saturated rings. The number of carbonyl (C=O) groups is 1. The number of nitrogens with zero attached hydrogens (tertiary/aromatic N) is 1. The van der Waals surface area contributed by atoms with Gasteiger partial charge < -0.3 is 5.32 Å². The Kier molecular flexibility index (Phi) is 3.96. The van der Waals surface area contributed by atoms with Crippen LogP contribution in [-0.2, 0) is 0 Å². The van der Waals surface area contributed by atoms with E-state index in [4.69, 9.17) is 0 Å². The summed E-state index contributed by atoms with van der Waals surface area (Å²) in [5, 5.41) is 15.2. The predicted molar refractivity (Wildman–Crippen MR) is 77.8 cm³/mol. The van der Waals surface area contributed by atoms with Gasteiger partial charge in [-0.2, -0.15) is 0 Å². The van der Waals surface area contributed by atoms with E-state index in [0.29, 0.717) is 16.8 Å². The average Bonchev–Trinajstić information content (AvgIpc) is 2.78. The van der Waals surface area contributed by atoms with E-state index in [1.165, 1.54) is 17.4 Å². The number of halogens is 1. The van der Waals surface area contributed by atoms with E-state index >= 15 is 0 Å². The fourth-order valence-corrected chi connectivity index (χ4v) is 2.65. The molecular formula is C12H9BrN2O3S. The number of nitro benzene ring substituents is 1. The van der Waals surface area contributed by atoms with Crippen molar-refractivity contribution in [1.29, 1.82) is 0 Å². The molecule has 7 heteroatoms. The third-order valence-electron chi connectivity index (χ3n) is 2.49. The summed E-state index contributed by atoms with van der Waals surface area (Å²) < 4.78 is 0.854. The smallest absolute Gasteiger partial charge is 0.274 e. The number of nitro groups is 1. The molecule has 0 radical (unpaired) electrons. The Balaban J connectivity index is 2.22. The number of amides is 1. The van der Waals surface area contributed by atoms with E-state index in [-0.39, 0.29) is 11.6 Å². The van der Waals surface area contributed by atoms with Gasteiger partial charge in [0.15, 0.2) is 0 Å². The second-order valence-corrected chi connectivity index (χ2v) is 6.14. The number of hydrogen-bond donors (Lipinski definition) is 1. The van der Waals surface area contributed by atoms with Gasteiger partial charge in [0.1, 0.15) is 0 Å².